The average Bonchev–Trinajstić information content (AvgIpc) is 2.91. The Hall–Kier alpha value is -1.93. The molecule has 2 aromatic rings. The van der Waals surface area contributed by atoms with Crippen molar-refractivity contribution < 1.29 is 17.5 Å². The molecule has 0 radical (unpaired) electrons. The second kappa shape index (κ2) is 7.10. The Bertz CT molecular complexity index is 757. The molecule has 126 valence electrons. The van der Waals surface area contributed by atoms with Crippen molar-refractivity contribution in [3.63, 3.8) is 0 Å². The molecule has 0 amide bonds. The lowest BCUT2D eigenvalue weighted by Gasteiger charge is -2.16. The van der Waals surface area contributed by atoms with Crippen molar-refractivity contribution in [2.75, 3.05) is 20.2 Å². The summed E-state index contributed by atoms with van der Waals surface area (Å²) in [5, 5.41) is 0.0288. The summed E-state index contributed by atoms with van der Waals surface area (Å²) in [6, 6.07) is 5.57. The molecule has 2 rings (SSSR count). The number of aryl methyl sites for hydroxylation is 2. The second-order valence-corrected chi connectivity index (χ2v) is 7.03. The zero-order valence-corrected chi connectivity index (χ0v) is 14.2. The lowest BCUT2D eigenvalue weighted by Crippen LogP contribution is -2.31. The topological polar surface area (TPSA) is 64.4 Å². The highest BCUT2D eigenvalue weighted by Gasteiger charge is 2.24. The van der Waals surface area contributed by atoms with E-state index >= 15 is 0 Å². The first-order valence-electron chi connectivity index (χ1n) is 7.23. The van der Waals surface area contributed by atoms with Gasteiger partial charge in [-0.25, -0.2) is 17.8 Å². The molecule has 0 N–H and O–H groups in total. The first-order valence-corrected chi connectivity index (χ1v) is 8.67. The van der Waals surface area contributed by atoms with Crippen molar-refractivity contribution >= 4 is 10.0 Å². The zero-order chi connectivity index (χ0) is 17.0. The Morgan fingerprint density at radius 3 is 2.52 bits per heavy atom. The molecule has 0 atom stereocenters. The van der Waals surface area contributed by atoms with E-state index in [9.17, 15) is 12.8 Å². The number of halogens is 1. The van der Waals surface area contributed by atoms with E-state index in [1.54, 1.807) is 11.5 Å². The van der Waals surface area contributed by atoms with Crippen LogP contribution in [0.5, 0.6) is 5.75 Å². The number of hydrogen-bond acceptors (Lipinski definition) is 4. The summed E-state index contributed by atoms with van der Waals surface area (Å²) in [4.78, 5) is 4.10. The van der Waals surface area contributed by atoms with Crippen molar-refractivity contribution in [2.24, 2.45) is 0 Å². The van der Waals surface area contributed by atoms with Gasteiger partial charge in [0.2, 0.25) is 0 Å². The van der Waals surface area contributed by atoms with Crippen LogP contribution in [0.4, 0.5) is 4.39 Å². The van der Waals surface area contributed by atoms with Crippen LogP contribution in [0, 0.1) is 12.7 Å². The highest BCUT2D eigenvalue weighted by Crippen LogP contribution is 2.15. The molecule has 1 aromatic heterocycles. The molecule has 0 aliphatic rings. The summed E-state index contributed by atoms with van der Waals surface area (Å²) in [7, 11) is -2.17. The Morgan fingerprint density at radius 1 is 1.30 bits per heavy atom. The minimum absolute atomic E-state index is 0.0288. The number of rotatable bonds is 7. The maximum Gasteiger partial charge on any atom is 0.261 e. The van der Waals surface area contributed by atoms with Crippen molar-refractivity contribution in [2.45, 2.75) is 25.4 Å². The van der Waals surface area contributed by atoms with E-state index in [0.717, 1.165) is 0 Å². The normalized spacial score (nSPS) is 11.9. The fourth-order valence-corrected chi connectivity index (χ4v) is 3.17. The fraction of sp³-hybridized carbons (Fsp3) is 0.400. The fourth-order valence-electron chi connectivity index (χ4n) is 2.03. The number of aromatic nitrogens is 2. The van der Waals surface area contributed by atoms with Gasteiger partial charge in [-0.2, -0.15) is 4.31 Å². The van der Waals surface area contributed by atoms with E-state index in [0.29, 0.717) is 18.1 Å². The molecule has 1 aromatic carbocycles. The minimum atomic E-state index is -3.65. The number of nitrogens with zero attached hydrogens (tertiary/aromatic N) is 3. The molecule has 0 aliphatic carbocycles. The van der Waals surface area contributed by atoms with Crippen LogP contribution in [0.1, 0.15) is 12.7 Å². The van der Waals surface area contributed by atoms with E-state index in [2.05, 4.69) is 4.98 Å². The quantitative estimate of drug-likeness (QED) is 0.773. The SMILES string of the molecule is CCn1cc(S(=O)(=O)N(C)CCOc2ccc(F)cc2)nc1C. The van der Waals surface area contributed by atoms with Gasteiger partial charge < -0.3 is 9.30 Å². The number of benzene rings is 1. The third kappa shape index (κ3) is 4.08. The molecule has 0 fully saturated rings. The molecule has 0 bridgehead atoms. The number of imidazole rings is 1. The molecule has 0 saturated heterocycles. The molecular formula is C15H20FN3O3S. The van der Waals surface area contributed by atoms with Crippen LogP contribution in [-0.4, -0.2) is 42.5 Å². The summed E-state index contributed by atoms with van der Waals surface area (Å²) in [6.45, 7) is 4.67. The van der Waals surface area contributed by atoms with Crippen LogP contribution in [0.15, 0.2) is 35.5 Å². The van der Waals surface area contributed by atoms with Crippen molar-refractivity contribution in [3.8, 4) is 5.75 Å². The first kappa shape index (κ1) is 17.4. The maximum absolute atomic E-state index is 12.8. The molecule has 0 saturated carbocycles. The standard InChI is InChI=1S/C15H20FN3O3S/c1-4-19-11-15(17-12(19)2)23(20,21)18(3)9-10-22-14-7-5-13(16)6-8-14/h5-8,11H,4,9-10H2,1-3H3. The molecule has 8 heteroatoms. The van der Waals surface area contributed by atoms with Crippen LogP contribution >= 0.6 is 0 Å². The summed E-state index contributed by atoms with van der Waals surface area (Å²) < 4.78 is 46.1. The highest BCUT2D eigenvalue weighted by molar-refractivity contribution is 7.89. The summed E-state index contributed by atoms with van der Waals surface area (Å²) in [6.07, 6.45) is 1.53. The van der Waals surface area contributed by atoms with Crippen LogP contribution in [-0.2, 0) is 16.6 Å². The Kier molecular flexibility index (Phi) is 5.38. The van der Waals surface area contributed by atoms with Gasteiger partial charge in [-0.05, 0) is 38.1 Å². The largest absolute Gasteiger partial charge is 0.492 e. The maximum atomic E-state index is 12.8. The Labute approximate surface area is 135 Å². The van der Waals surface area contributed by atoms with Gasteiger partial charge >= 0.3 is 0 Å². The van der Waals surface area contributed by atoms with E-state index in [1.165, 1.54) is 41.8 Å². The van der Waals surface area contributed by atoms with Gasteiger partial charge in [-0.3, -0.25) is 0 Å². The predicted molar refractivity (Wildman–Crippen MR) is 84.3 cm³/mol. The average molecular weight is 341 g/mol. The number of sulfonamides is 1. The van der Waals surface area contributed by atoms with Gasteiger partial charge in [0, 0.05) is 26.3 Å². The van der Waals surface area contributed by atoms with Gasteiger partial charge in [0.25, 0.3) is 10.0 Å². The molecule has 0 spiro atoms. The second-order valence-electron chi connectivity index (χ2n) is 5.04. The summed E-state index contributed by atoms with van der Waals surface area (Å²) in [5.41, 5.74) is 0. The van der Waals surface area contributed by atoms with Crippen LogP contribution in [0.25, 0.3) is 0 Å². The third-order valence-corrected chi connectivity index (χ3v) is 5.19. The lowest BCUT2D eigenvalue weighted by atomic mass is 10.3. The summed E-state index contributed by atoms with van der Waals surface area (Å²) in [5.74, 6) is 0.796. The number of hydrogen-bond donors (Lipinski definition) is 0. The third-order valence-electron chi connectivity index (χ3n) is 3.46. The van der Waals surface area contributed by atoms with E-state index < -0.39 is 10.0 Å². The van der Waals surface area contributed by atoms with Crippen molar-refractivity contribution in [1.29, 1.82) is 0 Å². The minimum Gasteiger partial charge on any atom is -0.492 e. The monoisotopic (exact) mass is 341 g/mol. The van der Waals surface area contributed by atoms with E-state index in [1.807, 2.05) is 6.92 Å². The molecule has 1 heterocycles. The number of likely N-dealkylation sites (N-methyl/N-ethyl adjacent to an activating group) is 1. The number of ether oxygens (including phenoxy) is 1. The van der Waals surface area contributed by atoms with E-state index in [4.69, 9.17) is 4.74 Å². The van der Waals surface area contributed by atoms with Crippen molar-refractivity contribution in [1.82, 2.24) is 13.9 Å². The molecular weight excluding hydrogens is 321 g/mol. The van der Waals surface area contributed by atoms with Crippen LogP contribution in [0.2, 0.25) is 0 Å². The molecule has 0 aliphatic heterocycles. The van der Waals surface area contributed by atoms with Gasteiger partial charge in [0.05, 0.1) is 0 Å². The summed E-state index contributed by atoms with van der Waals surface area (Å²) >= 11 is 0. The molecule has 6 nitrogen and oxygen atoms in total. The van der Waals surface area contributed by atoms with Crippen LogP contribution in [0.3, 0.4) is 0 Å². The molecule has 0 unspecified atom stereocenters. The van der Waals surface area contributed by atoms with Crippen LogP contribution < -0.4 is 4.74 Å². The van der Waals surface area contributed by atoms with Crippen molar-refractivity contribution in [3.05, 3.63) is 42.1 Å². The van der Waals surface area contributed by atoms with Gasteiger partial charge in [0.15, 0.2) is 5.03 Å². The first-order chi connectivity index (χ1) is 10.8. The Balaban J connectivity index is 1.98. The zero-order valence-electron chi connectivity index (χ0n) is 13.4. The van der Waals surface area contributed by atoms with Gasteiger partial charge in [-0.1, -0.05) is 0 Å². The highest BCUT2D eigenvalue weighted by atomic mass is 32.2. The smallest absolute Gasteiger partial charge is 0.261 e. The lowest BCUT2D eigenvalue weighted by molar-refractivity contribution is 0.286. The van der Waals surface area contributed by atoms with Gasteiger partial charge in [-0.15, -0.1) is 0 Å². The Morgan fingerprint density at radius 2 is 1.96 bits per heavy atom. The predicted octanol–water partition coefficient (Wildman–Crippen LogP) is 2.05. The molecule has 23 heavy (non-hydrogen) atoms. The van der Waals surface area contributed by atoms with Gasteiger partial charge in [0.1, 0.15) is 24.0 Å². The van der Waals surface area contributed by atoms with E-state index in [-0.39, 0.29) is 24.0 Å².